The summed E-state index contributed by atoms with van der Waals surface area (Å²) in [6.45, 7) is 0.435. The lowest BCUT2D eigenvalue weighted by molar-refractivity contribution is 0.305. The van der Waals surface area contributed by atoms with E-state index in [-0.39, 0.29) is 0 Å². The molecule has 0 saturated carbocycles. The maximum atomic E-state index is 5.83. The van der Waals surface area contributed by atoms with Crippen molar-refractivity contribution >= 4 is 34.7 Å². The highest BCUT2D eigenvalue weighted by molar-refractivity contribution is 7.98. The maximum absolute atomic E-state index is 5.83. The van der Waals surface area contributed by atoms with E-state index in [2.05, 4.69) is 15.2 Å². The third-order valence-electron chi connectivity index (χ3n) is 2.66. The van der Waals surface area contributed by atoms with Crippen molar-refractivity contribution in [3.8, 4) is 5.75 Å². The third kappa shape index (κ3) is 3.90. The van der Waals surface area contributed by atoms with E-state index >= 15 is 0 Å². The van der Waals surface area contributed by atoms with E-state index in [4.69, 9.17) is 22.2 Å². The molecule has 0 spiro atoms. The number of thiazole rings is 1. The van der Waals surface area contributed by atoms with Crippen LogP contribution in [-0.4, -0.2) is 19.9 Å². The summed E-state index contributed by atoms with van der Waals surface area (Å²) in [6.07, 6.45) is 1.47. The zero-order chi connectivity index (χ0) is 15.4. The highest BCUT2D eigenvalue weighted by atomic mass is 35.5. The zero-order valence-corrected chi connectivity index (χ0v) is 13.7. The van der Waals surface area contributed by atoms with Gasteiger partial charge in [0.15, 0.2) is 0 Å². The van der Waals surface area contributed by atoms with Crippen LogP contribution in [0.1, 0.15) is 10.7 Å². The van der Waals surface area contributed by atoms with Crippen molar-refractivity contribution in [1.29, 1.82) is 0 Å². The number of halogens is 1. The van der Waals surface area contributed by atoms with Gasteiger partial charge in [-0.05, 0) is 24.3 Å². The molecule has 0 bridgehead atoms. The van der Waals surface area contributed by atoms with E-state index in [1.807, 2.05) is 17.5 Å². The van der Waals surface area contributed by atoms with E-state index < -0.39 is 0 Å². The van der Waals surface area contributed by atoms with Gasteiger partial charge in [-0.15, -0.1) is 21.5 Å². The second-order valence-electron chi connectivity index (χ2n) is 4.28. The Labute approximate surface area is 140 Å². The number of hydrogen-bond donors (Lipinski definition) is 1. The lowest BCUT2D eigenvalue weighted by atomic mass is 10.3. The van der Waals surface area contributed by atoms with Crippen LogP contribution in [0.3, 0.4) is 0 Å². The fourth-order valence-corrected chi connectivity index (χ4v) is 3.29. The molecule has 9 heteroatoms. The van der Waals surface area contributed by atoms with Crippen LogP contribution in [0.5, 0.6) is 5.75 Å². The molecule has 6 nitrogen and oxygen atoms in total. The minimum atomic E-state index is 0.435. The highest BCUT2D eigenvalue weighted by Gasteiger charge is 2.07. The summed E-state index contributed by atoms with van der Waals surface area (Å²) in [7, 11) is 0. The molecule has 0 unspecified atom stereocenters. The smallest absolute Gasteiger partial charge is 0.209 e. The van der Waals surface area contributed by atoms with E-state index in [1.54, 1.807) is 23.5 Å². The summed E-state index contributed by atoms with van der Waals surface area (Å²) in [6, 6.07) is 7.26. The average molecular weight is 354 g/mol. The maximum Gasteiger partial charge on any atom is 0.209 e. The van der Waals surface area contributed by atoms with Crippen LogP contribution in [0.15, 0.2) is 41.1 Å². The zero-order valence-electron chi connectivity index (χ0n) is 11.3. The van der Waals surface area contributed by atoms with E-state index in [0.717, 1.165) is 16.5 Å². The van der Waals surface area contributed by atoms with Gasteiger partial charge in [0.25, 0.3) is 0 Å². The van der Waals surface area contributed by atoms with Gasteiger partial charge in [-0.25, -0.2) is 9.66 Å². The van der Waals surface area contributed by atoms with Crippen molar-refractivity contribution in [3.63, 3.8) is 0 Å². The number of ether oxygens (including phenoxy) is 1. The molecule has 0 aliphatic rings. The summed E-state index contributed by atoms with van der Waals surface area (Å²) in [4.78, 5) is 4.52. The standard InChI is InChI=1S/C13H12ClN5OS2/c14-9-1-3-11(4-2-9)20-5-12-17-10(6-21-12)7-22-13-18-16-8-19(13)15/h1-4,6,8H,5,7,15H2. The first-order chi connectivity index (χ1) is 10.7. The first-order valence-electron chi connectivity index (χ1n) is 6.30. The molecule has 3 rings (SSSR count). The van der Waals surface area contributed by atoms with Gasteiger partial charge in [-0.1, -0.05) is 23.4 Å². The monoisotopic (exact) mass is 353 g/mol. The van der Waals surface area contributed by atoms with Gasteiger partial charge in [0.1, 0.15) is 23.7 Å². The molecule has 0 aliphatic heterocycles. The molecule has 0 radical (unpaired) electrons. The van der Waals surface area contributed by atoms with Crippen molar-refractivity contribution < 1.29 is 4.74 Å². The predicted molar refractivity (Wildman–Crippen MR) is 87.6 cm³/mol. The van der Waals surface area contributed by atoms with Crippen LogP contribution in [0.25, 0.3) is 0 Å². The van der Waals surface area contributed by atoms with Crippen LogP contribution in [0, 0.1) is 0 Å². The Balaban J connectivity index is 1.52. The van der Waals surface area contributed by atoms with Crippen molar-refractivity contribution in [1.82, 2.24) is 19.9 Å². The van der Waals surface area contributed by atoms with Gasteiger partial charge in [0, 0.05) is 16.2 Å². The van der Waals surface area contributed by atoms with Gasteiger partial charge in [0.05, 0.1) is 5.69 Å². The molecule has 0 fully saturated rings. The fraction of sp³-hybridized carbons (Fsp3) is 0.154. The van der Waals surface area contributed by atoms with Gasteiger partial charge in [-0.3, -0.25) is 0 Å². The predicted octanol–water partition coefficient (Wildman–Crippen LogP) is 2.97. The molecule has 0 amide bonds. The molecule has 1 aromatic carbocycles. The summed E-state index contributed by atoms with van der Waals surface area (Å²) in [5, 5.41) is 11.9. The van der Waals surface area contributed by atoms with Gasteiger partial charge in [-0.2, -0.15) is 0 Å². The third-order valence-corrected chi connectivity index (χ3v) is 4.78. The Morgan fingerprint density at radius 3 is 2.86 bits per heavy atom. The average Bonchev–Trinajstić information content (AvgIpc) is 3.13. The molecule has 2 N–H and O–H groups in total. The van der Waals surface area contributed by atoms with Gasteiger partial charge >= 0.3 is 0 Å². The van der Waals surface area contributed by atoms with E-state index in [1.165, 1.54) is 22.8 Å². The van der Waals surface area contributed by atoms with Crippen LogP contribution in [-0.2, 0) is 12.4 Å². The molecule has 2 aromatic heterocycles. The first-order valence-corrected chi connectivity index (χ1v) is 8.54. The highest BCUT2D eigenvalue weighted by Crippen LogP contribution is 2.22. The number of thioether (sulfide) groups is 1. The van der Waals surface area contributed by atoms with Crippen LogP contribution in [0.4, 0.5) is 0 Å². The Hall–Kier alpha value is -1.77. The number of hydrogen-bond acceptors (Lipinski definition) is 7. The Morgan fingerprint density at radius 1 is 1.32 bits per heavy atom. The van der Waals surface area contributed by atoms with Gasteiger partial charge < -0.3 is 10.6 Å². The SMILES string of the molecule is Nn1cnnc1SCc1csc(COc2ccc(Cl)cc2)n1. The second-order valence-corrected chi connectivity index (χ2v) is 6.61. The van der Waals surface area contributed by atoms with Crippen molar-refractivity contribution in [2.24, 2.45) is 0 Å². The lowest BCUT2D eigenvalue weighted by Crippen LogP contribution is -2.07. The lowest BCUT2D eigenvalue weighted by Gasteiger charge is -2.03. The van der Waals surface area contributed by atoms with Gasteiger partial charge in [0.2, 0.25) is 5.16 Å². The van der Waals surface area contributed by atoms with Crippen molar-refractivity contribution in [2.75, 3.05) is 5.84 Å². The Kier molecular flexibility index (Phi) is 4.81. The van der Waals surface area contributed by atoms with Crippen molar-refractivity contribution in [3.05, 3.63) is 51.7 Å². The molecule has 114 valence electrons. The largest absolute Gasteiger partial charge is 0.486 e. The summed E-state index contributed by atoms with van der Waals surface area (Å²) >= 11 is 8.88. The second kappa shape index (κ2) is 6.99. The molecule has 2 heterocycles. The molecular weight excluding hydrogens is 342 g/mol. The Morgan fingerprint density at radius 2 is 2.14 bits per heavy atom. The number of nitrogens with zero attached hydrogens (tertiary/aromatic N) is 4. The molecule has 3 aromatic rings. The Bertz CT molecular complexity index is 743. The molecule has 22 heavy (non-hydrogen) atoms. The molecule has 0 saturated heterocycles. The first kappa shape index (κ1) is 15.1. The summed E-state index contributed by atoms with van der Waals surface area (Å²) in [5.74, 6) is 7.11. The summed E-state index contributed by atoms with van der Waals surface area (Å²) < 4.78 is 7.06. The van der Waals surface area contributed by atoms with Crippen LogP contribution < -0.4 is 10.6 Å². The topological polar surface area (TPSA) is 78.9 Å². The number of aromatic nitrogens is 4. The normalized spacial score (nSPS) is 10.8. The number of nitrogen functional groups attached to an aromatic ring is 1. The number of nitrogens with two attached hydrogens (primary N) is 1. The molecular formula is C13H12ClN5OS2. The fourth-order valence-electron chi connectivity index (χ4n) is 1.63. The van der Waals surface area contributed by atoms with Crippen molar-refractivity contribution in [2.45, 2.75) is 17.5 Å². The minimum absolute atomic E-state index is 0.435. The quantitative estimate of drug-likeness (QED) is 0.542. The van der Waals surface area contributed by atoms with E-state index in [0.29, 0.717) is 22.5 Å². The van der Waals surface area contributed by atoms with Crippen LogP contribution in [0.2, 0.25) is 5.02 Å². The minimum Gasteiger partial charge on any atom is -0.486 e. The summed E-state index contributed by atoms with van der Waals surface area (Å²) in [5.41, 5.74) is 0.965. The molecule has 0 atom stereocenters. The van der Waals surface area contributed by atoms with Crippen LogP contribution >= 0.6 is 34.7 Å². The number of benzene rings is 1. The van der Waals surface area contributed by atoms with E-state index in [9.17, 15) is 0 Å². The number of rotatable bonds is 6. The molecule has 0 aliphatic carbocycles.